The smallest absolute Gasteiger partial charge is 0.305 e. The lowest BCUT2D eigenvalue weighted by Crippen LogP contribution is -2.77. The standard InChI is InChI=1S/C22H41NO12/c1-32-14(25)8-6-4-2-3-5-7-9-33-21-22(31,19(30)16(27)12(10-23)35-21)20-18(29)17(28)15(26)13(11-24)34-20/h12-13,15-21,24,26-31H,2-11,23H2,1H3/t12-,13-,15-,16-,17+,18-,19+,20-,21+,22+/m1/s1. The van der Waals surface area contributed by atoms with Gasteiger partial charge in [0.25, 0.3) is 0 Å². The zero-order valence-corrected chi connectivity index (χ0v) is 20.0. The summed E-state index contributed by atoms with van der Waals surface area (Å²) in [6.45, 7) is -0.852. The second-order valence-corrected chi connectivity index (χ2v) is 9.13. The molecule has 2 fully saturated rings. The number of esters is 1. The first-order valence-corrected chi connectivity index (χ1v) is 12.1. The van der Waals surface area contributed by atoms with Gasteiger partial charge in [-0.05, 0) is 12.8 Å². The summed E-state index contributed by atoms with van der Waals surface area (Å²) in [6, 6.07) is 0. The van der Waals surface area contributed by atoms with E-state index in [1.54, 1.807) is 0 Å². The first kappa shape index (κ1) is 30.3. The first-order chi connectivity index (χ1) is 16.6. The van der Waals surface area contributed by atoms with Crippen LogP contribution in [-0.2, 0) is 23.7 Å². The van der Waals surface area contributed by atoms with E-state index in [0.717, 1.165) is 32.1 Å². The van der Waals surface area contributed by atoms with Crippen molar-refractivity contribution < 1.29 is 59.5 Å². The molecule has 2 saturated heterocycles. The van der Waals surface area contributed by atoms with E-state index in [-0.39, 0.29) is 19.1 Å². The molecule has 0 aromatic heterocycles. The predicted octanol–water partition coefficient (Wildman–Crippen LogP) is -3.11. The van der Waals surface area contributed by atoms with Gasteiger partial charge in [-0.25, -0.2) is 0 Å². The molecule has 0 unspecified atom stereocenters. The largest absolute Gasteiger partial charge is 0.469 e. The van der Waals surface area contributed by atoms with E-state index < -0.39 is 67.3 Å². The van der Waals surface area contributed by atoms with Crippen molar-refractivity contribution in [2.45, 2.75) is 106 Å². The Kier molecular flexibility index (Phi) is 12.2. The van der Waals surface area contributed by atoms with Crippen LogP contribution in [0.2, 0.25) is 0 Å². The molecule has 0 radical (unpaired) electrons. The highest BCUT2D eigenvalue weighted by Gasteiger charge is 2.64. The highest BCUT2D eigenvalue weighted by atomic mass is 16.7. The second kappa shape index (κ2) is 14.1. The van der Waals surface area contributed by atoms with E-state index in [2.05, 4.69) is 4.74 Å². The number of carbonyl (C=O) groups excluding carboxylic acids is 1. The van der Waals surface area contributed by atoms with Gasteiger partial charge in [0.1, 0.15) is 48.8 Å². The summed E-state index contributed by atoms with van der Waals surface area (Å²) in [5, 5.41) is 72.9. The first-order valence-electron chi connectivity index (χ1n) is 12.1. The van der Waals surface area contributed by atoms with Crippen LogP contribution in [0.15, 0.2) is 0 Å². The molecule has 0 amide bonds. The minimum atomic E-state index is -2.56. The van der Waals surface area contributed by atoms with E-state index in [4.69, 9.17) is 19.9 Å². The summed E-state index contributed by atoms with van der Waals surface area (Å²) in [6.07, 6.45) is -9.70. The Hall–Kier alpha value is -0.970. The molecule has 0 aromatic rings. The summed E-state index contributed by atoms with van der Waals surface area (Å²) in [5.41, 5.74) is 3.05. The minimum absolute atomic E-state index is 0.0899. The predicted molar refractivity (Wildman–Crippen MR) is 119 cm³/mol. The third-order valence-corrected chi connectivity index (χ3v) is 6.71. The average molecular weight is 512 g/mol. The lowest BCUT2D eigenvalue weighted by molar-refractivity contribution is -0.383. The van der Waals surface area contributed by atoms with Gasteiger partial charge in [-0.15, -0.1) is 0 Å². The number of rotatable bonds is 13. The summed E-state index contributed by atoms with van der Waals surface area (Å²) in [4.78, 5) is 11.1. The number of aliphatic hydroxyl groups is 7. The van der Waals surface area contributed by atoms with Gasteiger partial charge in [-0.3, -0.25) is 4.79 Å². The molecule has 2 aliphatic rings. The Balaban J connectivity index is 1.99. The van der Waals surface area contributed by atoms with Crippen LogP contribution in [0.1, 0.15) is 44.9 Å². The van der Waals surface area contributed by atoms with Gasteiger partial charge in [0, 0.05) is 19.6 Å². The molecule has 13 heteroatoms. The fraction of sp³-hybridized carbons (Fsp3) is 0.955. The highest BCUT2D eigenvalue weighted by Crippen LogP contribution is 2.39. The monoisotopic (exact) mass is 511 g/mol. The molecular weight excluding hydrogens is 470 g/mol. The van der Waals surface area contributed by atoms with Crippen LogP contribution in [0.3, 0.4) is 0 Å². The van der Waals surface area contributed by atoms with Crippen molar-refractivity contribution in [2.75, 3.05) is 26.9 Å². The highest BCUT2D eigenvalue weighted by molar-refractivity contribution is 5.68. The number of ether oxygens (including phenoxy) is 4. The van der Waals surface area contributed by atoms with Crippen LogP contribution >= 0.6 is 0 Å². The molecular formula is C22H41NO12. The maximum atomic E-state index is 11.5. The molecule has 2 heterocycles. The van der Waals surface area contributed by atoms with E-state index >= 15 is 0 Å². The molecule has 35 heavy (non-hydrogen) atoms. The van der Waals surface area contributed by atoms with Crippen molar-refractivity contribution in [2.24, 2.45) is 5.73 Å². The molecule has 0 aromatic carbocycles. The number of unbranched alkanes of at least 4 members (excludes halogenated alkanes) is 5. The lowest BCUT2D eigenvalue weighted by atomic mass is 9.76. The van der Waals surface area contributed by atoms with Crippen LogP contribution in [0.4, 0.5) is 0 Å². The fourth-order valence-electron chi connectivity index (χ4n) is 4.49. The third-order valence-electron chi connectivity index (χ3n) is 6.71. The maximum absolute atomic E-state index is 11.5. The van der Waals surface area contributed by atoms with Gasteiger partial charge < -0.3 is 60.4 Å². The van der Waals surface area contributed by atoms with Crippen molar-refractivity contribution in [3.8, 4) is 0 Å². The lowest BCUT2D eigenvalue weighted by Gasteiger charge is -2.54. The topological polar surface area (TPSA) is 222 Å². The van der Waals surface area contributed by atoms with E-state index in [1.165, 1.54) is 7.11 Å². The molecule has 9 N–H and O–H groups in total. The quantitative estimate of drug-likeness (QED) is 0.0907. The molecule has 13 nitrogen and oxygen atoms in total. The summed E-state index contributed by atoms with van der Waals surface area (Å²) < 4.78 is 21.3. The fourth-order valence-corrected chi connectivity index (χ4v) is 4.49. The van der Waals surface area contributed by atoms with Crippen LogP contribution < -0.4 is 5.73 Å². The van der Waals surface area contributed by atoms with E-state index in [9.17, 15) is 40.5 Å². The second-order valence-electron chi connectivity index (χ2n) is 9.13. The molecule has 0 saturated carbocycles. The Morgan fingerprint density at radius 3 is 2.11 bits per heavy atom. The van der Waals surface area contributed by atoms with Crippen LogP contribution in [0, 0.1) is 0 Å². The van der Waals surface area contributed by atoms with Crippen molar-refractivity contribution in [1.29, 1.82) is 0 Å². The Morgan fingerprint density at radius 2 is 1.51 bits per heavy atom. The van der Waals surface area contributed by atoms with Crippen molar-refractivity contribution in [3.63, 3.8) is 0 Å². The summed E-state index contributed by atoms with van der Waals surface area (Å²) in [7, 11) is 1.35. The number of nitrogens with two attached hydrogens (primary N) is 1. The molecule has 10 atom stereocenters. The number of hydrogen-bond acceptors (Lipinski definition) is 13. The summed E-state index contributed by atoms with van der Waals surface area (Å²) in [5.74, 6) is -0.235. The van der Waals surface area contributed by atoms with Crippen molar-refractivity contribution >= 4 is 5.97 Å². The van der Waals surface area contributed by atoms with Crippen LogP contribution in [-0.4, -0.2) is 129 Å². The molecule has 206 valence electrons. The zero-order chi connectivity index (χ0) is 26.2. The van der Waals surface area contributed by atoms with E-state index in [0.29, 0.717) is 12.8 Å². The van der Waals surface area contributed by atoms with Crippen molar-refractivity contribution in [1.82, 2.24) is 0 Å². The third kappa shape index (κ3) is 7.08. The Labute approximate surface area is 204 Å². The van der Waals surface area contributed by atoms with Crippen LogP contribution in [0.25, 0.3) is 0 Å². The van der Waals surface area contributed by atoms with Gasteiger partial charge in [0.05, 0.1) is 13.7 Å². The van der Waals surface area contributed by atoms with Gasteiger partial charge in [-0.2, -0.15) is 0 Å². The molecule has 0 aliphatic carbocycles. The normalized spacial score (nSPS) is 40.0. The van der Waals surface area contributed by atoms with E-state index in [1.807, 2.05) is 0 Å². The Bertz CT molecular complexity index is 640. The minimum Gasteiger partial charge on any atom is -0.469 e. The molecule has 2 aliphatic heterocycles. The van der Waals surface area contributed by atoms with Gasteiger partial charge in [-0.1, -0.05) is 25.7 Å². The van der Waals surface area contributed by atoms with Crippen LogP contribution in [0.5, 0.6) is 0 Å². The molecule has 0 bridgehead atoms. The number of hydrogen-bond donors (Lipinski definition) is 8. The van der Waals surface area contributed by atoms with Gasteiger partial charge in [0.15, 0.2) is 11.9 Å². The maximum Gasteiger partial charge on any atom is 0.305 e. The number of methoxy groups -OCH3 is 1. The molecule has 2 rings (SSSR count). The van der Waals surface area contributed by atoms with Gasteiger partial charge in [0.2, 0.25) is 0 Å². The summed E-state index contributed by atoms with van der Waals surface area (Å²) >= 11 is 0. The SMILES string of the molecule is COC(=O)CCCCCCCCO[C@H]1O[C@H](CN)[C@@H](O)[C@H](O)[C@]1(O)[C@@H]1O[C@H](CO)[C@@H](O)[C@H](O)[C@H]1O. The molecule has 0 spiro atoms. The average Bonchev–Trinajstić information content (AvgIpc) is 2.86. The number of carbonyl (C=O) groups is 1. The number of aliphatic hydroxyl groups excluding tert-OH is 6. The zero-order valence-electron chi connectivity index (χ0n) is 20.0. The Morgan fingerprint density at radius 1 is 0.886 bits per heavy atom. The van der Waals surface area contributed by atoms with Gasteiger partial charge >= 0.3 is 5.97 Å². The van der Waals surface area contributed by atoms with Crippen molar-refractivity contribution in [3.05, 3.63) is 0 Å².